The van der Waals surface area contributed by atoms with E-state index in [1.807, 2.05) is 30.3 Å². The minimum Gasteiger partial charge on any atom is -0.445 e. The average Bonchev–Trinajstić information content (AvgIpc) is 3.18. The van der Waals surface area contributed by atoms with Crippen LogP contribution in [-0.4, -0.2) is 29.4 Å². The summed E-state index contributed by atoms with van der Waals surface area (Å²) in [5.41, 5.74) is 0.939. The Morgan fingerprint density at radius 1 is 1.24 bits per heavy atom. The summed E-state index contributed by atoms with van der Waals surface area (Å²) in [5.74, 6) is -0.111. The van der Waals surface area contributed by atoms with Crippen molar-refractivity contribution in [1.29, 1.82) is 0 Å². The number of nitrogens with zero attached hydrogens (tertiary/aromatic N) is 1. The average molecular weight is 382 g/mol. The van der Waals surface area contributed by atoms with Crippen LogP contribution in [0.4, 0.5) is 4.79 Å². The summed E-state index contributed by atoms with van der Waals surface area (Å²) in [6.45, 7) is 0.724. The molecule has 1 heterocycles. The molecular formula is C17H20ClN3O3S. The lowest BCUT2D eigenvalue weighted by molar-refractivity contribution is 0.0947. The molecule has 134 valence electrons. The highest BCUT2D eigenvalue weighted by molar-refractivity contribution is 7.11. The Kier molecular flexibility index (Phi) is 8.38. The Hall–Kier alpha value is -1.96. The molecule has 0 saturated heterocycles. The number of rotatable bonds is 10. The number of nitrogens with one attached hydrogen (secondary N) is 2. The molecule has 0 aliphatic rings. The smallest absolute Gasteiger partial charge is 0.407 e. The first-order chi connectivity index (χ1) is 12.2. The fourth-order valence-corrected chi connectivity index (χ4v) is 3.01. The Bertz CT molecular complexity index is 652. The van der Waals surface area contributed by atoms with Crippen LogP contribution < -0.4 is 10.2 Å². The van der Waals surface area contributed by atoms with Gasteiger partial charge in [0.25, 0.3) is 0 Å². The Morgan fingerprint density at radius 2 is 2.04 bits per heavy atom. The maximum Gasteiger partial charge on any atom is 0.407 e. The Morgan fingerprint density at radius 3 is 2.72 bits per heavy atom. The summed E-state index contributed by atoms with van der Waals surface area (Å²) in [7, 11) is 0. The van der Waals surface area contributed by atoms with Gasteiger partial charge in [0.05, 0.1) is 6.04 Å². The van der Waals surface area contributed by atoms with E-state index in [4.69, 9.17) is 16.5 Å². The molecule has 8 heteroatoms. The van der Waals surface area contributed by atoms with Crippen molar-refractivity contribution in [2.75, 3.05) is 6.54 Å². The fourth-order valence-electron chi connectivity index (χ4n) is 2.17. The number of aromatic nitrogens is 1. The standard InChI is InChI=1S/C17H20ClN3O3S/c18-21-14(15(22)16-19-10-11-25-16)8-4-5-9-20-17(23)24-12-13-6-2-1-3-7-13/h1-3,6-7,10-11,14,21H,4-5,8-9,12H2,(H,20,23)/t14-/m0/s1. The van der Waals surface area contributed by atoms with E-state index in [9.17, 15) is 9.59 Å². The van der Waals surface area contributed by atoms with Crippen LogP contribution in [0.2, 0.25) is 0 Å². The number of amides is 1. The maximum atomic E-state index is 12.1. The number of Topliss-reactive ketones (excluding diaryl/α,β-unsaturated/α-hetero) is 1. The van der Waals surface area contributed by atoms with Gasteiger partial charge in [0.2, 0.25) is 5.78 Å². The van der Waals surface area contributed by atoms with E-state index in [0.717, 1.165) is 18.4 Å². The van der Waals surface area contributed by atoms with Crippen molar-refractivity contribution in [3.8, 4) is 0 Å². The number of halogens is 1. The third-order valence-electron chi connectivity index (χ3n) is 3.49. The molecule has 1 aromatic carbocycles. The van der Waals surface area contributed by atoms with Gasteiger partial charge in [0, 0.05) is 18.1 Å². The normalized spacial score (nSPS) is 11.7. The second-order valence-corrected chi connectivity index (χ2v) is 6.46. The molecule has 0 aliphatic heterocycles. The van der Waals surface area contributed by atoms with E-state index in [1.54, 1.807) is 11.6 Å². The Labute approximate surface area is 155 Å². The van der Waals surface area contributed by atoms with Crippen molar-refractivity contribution in [2.45, 2.75) is 31.9 Å². The third kappa shape index (κ3) is 6.81. The molecule has 1 aromatic heterocycles. The lowest BCUT2D eigenvalue weighted by atomic mass is 10.1. The quantitative estimate of drug-likeness (QED) is 0.374. The number of benzene rings is 1. The molecule has 6 nitrogen and oxygen atoms in total. The largest absolute Gasteiger partial charge is 0.445 e. The number of ketones is 1. The summed E-state index contributed by atoms with van der Waals surface area (Å²) in [4.78, 5) is 30.2. The molecule has 2 N–H and O–H groups in total. The van der Waals surface area contributed by atoms with Crippen LogP contribution in [0, 0.1) is 0 Å². The second-order valence-electron chi connectivity index (χ2n) is 5.35. The topological polar surface area (TPSA) is 80.3 Å². The molecule has 2 rings (SSSR count). The zero-order valence-electron chi connectivity index (χ0n) is 13.6. The van der Waals surface area contributed by atoms with Crippen molar-refractivity contribution >= 4 is 35.0 Å². The number of carbonyl (C=O) groups is 2. The van der Waals surface area contributed by atoms with Crippen LogP contribution in [0.3, 0.4) is 0 Å². The number of thiazole rings is 1. The van der Waals surface area contributed by atoms with Gasteiger partial charge in [-0.15, -0.1) is 11.3 Å². The van der Waals surface area contributed by atoms with E-state index < -0.39 is 12.1 Å². The monoisotopic (exact) mass is 381 g/mol. The first-order valence-electron chi connectivity index (χ1n) is 7.95. The van der Waals surface area contributed by atoms with Crippen LogP contribution in [-0.2, 0) is 11.3 Å². The molecule has 0 bridgehead atoms. The van der Waals surface area contributed by atoms with E-state index in [2.05, 4.69) is 15.1 Å². The predicted octanol–water partition coefficient (Wildman–Crippen LogP) is 3.53. The molecule has 1 amide bonds. The lowest BCUT2D eigenvalue weighted by Crippen LogP contribution is -2.31. The maximum absolute atomic E-state index is 12.1. The zero-order chi connectivity index (χ0) is 17.9. The molecule has 0 radical (unpaired) electrons. The predicted molar refractivity (Wildman–Crippen MR) is 97.7 cm³/mol. The van der Waals surface area contributed by atoms with E-state index in [-0.39, 0.29) is 12.4 Å². The number of hydrogen-bond donors (Lipinski definition) is 2. The number of ether oxygens (including phenoxy) is 1. The van der Waals surface area contributed by atoms with Gasteiger partial charge in [-0.25, -0.2) is 14.6 Å². The van der Waals surface area contributed by atoms with Crippen LogP contribution >= 0.6 is 23.1 Å². The minimum atomic E-state index is -0.474. The molecule has 2 aromatic rings. The highest BCUT2D eigenvalue weighted by Crippen LogP contribution is 2.12. The number of hydrogen-bond acceptors (Lipinski definition) is 6. The van der Waals surface area contributed by atoms with Crippen LogP contribution in [0.15, 0.2) is 41.9 Å². The Balaban J connectivity index is 1.59. The summed E-state index contributed by atoms with van der Waals surface area (Å²) in [6.07, 6.45) is 3.17. The number of carbonyl (C=O) groups excluding carboxylic acids is 2. The fraction of sp³-hybridized carbons (Fsp3) is 0.353. The van der Waals surface area contributed by atoms with E-state index in [1.165, 1.54) is 11.3 Å². The van der Waals surface area contributed by atoms with Crippen LogP contribution in [0.25, 0.3) is 0 Å². The molecule has 0 aliphatic carbocycles. The van der Waals surface area contributed by atoms with Crippen molar-refractivity contribution in [3.05, 3.63) is 52.5 Å². The number of unbranched alkanes of at least 4 members (excludes halogenated alkanes) is 1. The van der Waals surface area contributed by atoms with Crippen molar-refractivity contribution in [2.24, 2.45) is 0 Å². The zero-order valence-corrected chi connectivity index (χ0v) is 15.2. The van der Waals surface area contributed by atoms with Crippen molar-refractivity contribution in [3.63, 3.8) is 0 Å². The van der Waals surface area contributed by atoms with Gasteiger partial charge in [0.1, 0.15) is 6.61 Å². The van der Waals surface area contributed by atoms with Gasteiger partial charge in [-0.3, -0.25) is 4.79 Å². The molecule has 0 fully saturated rings. The van der Waals surface area contributed by atoms with Crippen molar-refractivity contribution in [1.82, 2.24) is 15.1 Å². The van der Waals surface area contributed by atoms with Gasteiger partial charge in [-0.05, 0) is 36.6 Å². The molecule has 0 spiro atoms. The first-order valence-corrected chi connectivity index (χ1v) is 9.21. The highest BCUT2D eigenvalue weighted by Gasteiger charge is 2.20. The molecule has 1 atom stereocenters. The molecular weight excluding hydrogens is 362 g/mol. The molecule has 0 unspecified atom stereocenters. The van der Waals surface area contributed by atoms with Crippen molar-refractivity contribution < 1.29 is 14.3 Å². The summed E-state index contributed by atoms with van der Waals surface area (Å²) in [5, 5.41) is 4.89. The first kappa shape index (κ1) is 19.4. The van der Waals surface area contributed by atoms with Gasteiger partial charge in [0.15, 0.2) is 5.01 Å². The lowest BCUT2D eigenvalue weighted by Gasteiger charge is -2.12. The molecule has 0 saturated carbocycles. The van der Waals surface area contributed by atoms with Gasteiger partial charge < -0.3 is 10.1 Å². The van der Waals surface area contributed by atoms with Gasteiger partial charge >= 0.3 is 6.09 Å². The SMILES string of the molecule is O=C(NCCCC[C@H](NCl)C(=O)c1nccs1)OCc1ccccc1. The summed E-state index contributed by atoms with van der Waals surface area (Å²) in [6, 6.07) is 9.01. The second kappa shape index (κ2) is 10.8. The third-order valence-corrected chi connectivity index (χ3v) is 4.54. The van der Waals surface area contributed by atoms with Crippen LogP contribution in [0.1, 0.15) is 34.6 Å². The number of alkyl carbamates (subject to hydrolysis) is 1. The van der Waals surface area contributed by atoms with Gasteiger partial charge in [-0.2, -0.15) is 0 Å². The summed E-state index contributed by atoms with van der Waals surface area (Å²) >= 11 is 6.95. The van der Waals surface area contributed by atoms with Gasteiger partial charge in [-0.1, -0.05) is 30.3 Å². The highest BCUT2D eigenvalue weighted by atomic mass is 35.5. The van der Waals surface area contributed by atoms with E-state index in [0.29, 0.717) is 18.0 Å². The molecule has 25 heavy (non-hydrogen) atoms. The minimum absolute atomic E-state index is 0.111. The van der Waals surface area contributed by atoms with Crippen LogP contribution in [0.5, 0.6) is 0 Å². The summed E-state index contributed by atoms with van der Waals surface area (Å²) < 4.78 is 5.12. The van der Waals surface area contributed by atoms with E-state index >= 15 is 0 Å².